The van der Waals surface area contributed by atoms with E-state index in [1.807, 2.05) is 39.8 Å². The fraction of sp³-hybridized carbons (Fsp3) is 0.667. The molecule has 4 N–H and O–H groups in total. The molecule has 1 aliphatic rings. The number of nitrogens with two attached hydrogens (primary N) is 1. The highest BCUT2D eigenvalue weighted by Gasteiger charge is 2.22. The van der Waals surface area contributed by atoms with Crippen molar-refractivity contribution in [3.05, 3.63) is 28.8 Å². The molecule has 26 heavy (non-hydrogen) atoms. The number of piperidine rings is 1. The van der Waals surface area contributed by atoms with Crippen LogP contribution in [0.15, 0.2) is 12.1 Å². The van der Waals surface area contributed by atoms with Crippen LogP contribution in [0, 0.1) is 19.8 Å². The van der Waals surface area contributed by atoms with E-state index in [4.69, 9.17) is 10.5 Å². The van der Waals surface area contributed by atoms with Gasteiger partial charge >= 0.3 is 0 Å². The molecule has 0 unspecified atom stereocenters. The number of hydrogen-bond acceptors (Lipinski definition) is 4. The van der Waals surface area contributed by atoms with Crippen LogP contribution in [-0.4, -0.2) is 37.7 Å². The van der Waals surface area contributed by atoms with Gasteiger partial charge in [-0.3, -0.25) is 4.79 Å². The molecule has 2 rings (SSSR count). The van der Waals surface area contributed by atoms with Crippen LogP contribution < -0.4 is 21.1 Å². The van der Waals surface area contributed by atoms with E-state index >= 15 is 0 Å². The van der Waals surface area contributed by atoms with Crippen molar-refractivity contribution in [1.82, 2.24) is 10.6 Å². The average molecular weight is 362 g/mol. The van der Waals surface area contributed by atoms with E-state index in [1.54, 1.807) is 0 Å². The van der Waals surface area contributed by atoms with Crippen molar-refractivity contribution in [2.75, 3.05) is 26.2 Å². The minimum atomic E-state index is -0.417. The predicted octanol–water partition coefficient (Wildman–Crippen LogP) is 2.93. The molecule has 1 saturated heterocycles. The van der Waals surface area contributed by atoms with E-state index in [0.717, 1.165) is 48.9 Å². The van der Waals surface area contributed by atoms with Crippen LogP contribution >= 0.6 is 0 Å². The molecule has 0 aliphatic carbocycles. The van der Waals surface area contributed by atoms with E-state index in [9.17, 15) is 4.79 Å². The van der Waals surface area contributed by atoms with E-state index in [0.29, 0.717) is 12.1 Å². The van der Waals surface area contributed by atoms with Crippen molar-refractivity contribution >= 4 is 5.91 Å². The summed E-state index contributed by atoms with van der Waals surface area (Å²) in [6.07, 6.45) is 4.87. The zero-order chi connectivity index (χ0) is 19.2. The van der Waals surface area contributed by atoms with Crippen molar-refractivity contribution < 1.29 is 9.53 Å². The maximum absolute atomic E-state index is 12.6. The molecular formula is C21H35N3O2. The summed E-state index contributed by atoms with van der Waals surface area (Å²) in [6.45, 7) is 11.2. The normalized spacial score (nSPS) is 15.7. The number of hydrogen-bond donors (Lipinski definition) is 3. The van der Waals surface area contributed by atoms with Gasteiger partial charge in [0.2, 0.25) is 0 Å². The first-order valence-corrected chi connectivity index (χ1v) is 9.80. The van der Waals surface area contributed by atoms with Gasteiger partial charge in [-0.15, -0.1) is 0 Å². The lowest BCUT2D eigenvalue weighted by atomic mass is 9.93. The van der Waals surface area contributed by atoms with Gasteiger partial charge in [-0.1, -0.05) is 0 Å². The molecule has 5 nitrogen and oxygen atoms in total. The number of nitrogens with one attached hydrogen (secondary N) is 2. The number of carbonyl (C=O) groups excluding carboxylic acids is 1. The molecule has 0 radical (unpaired) electrons. The first-order valence-electron chi connectivity index (χ1n) is 9.80. The highest BCUT2D eigenvalue weighted by atomic mass is 16.5. The molecule has 0 saturated carbocycles. The second-order valence-corrected chi connectivity index (χ2v) is 8.16. The number of aryl methyl sites for hydroxylation is 2. The van der Waals surface area contributed by atoms with Crippen LogP contribution in [0.4, 0.5) is 0 Å². The zero-order valence-electron chi connectivity index (χ0n) is 16.8. The van der Waals surface area contributed by atoms with Crippen molar-refractivity contribution in [2.24, 2.45) is 11.7 Å². The van der Waals surface area contributed by atoms with E-state index in [2.05, 4.69) is 10.6 Å². The summed E-state index contributed by atoms with van der Waals surface area (Å²) in [5.41, 5.74) is 7.88. The van der Waals surface area contributed by atoms with Crippen LogP contribution in [0.25, 0.3) is 0 Å². The molecule has 1 heterocycles. The lowest BCUT2D eigenvalue weighted by molar-refractivity contribution is 0.0914. The highest BCUT2D eigenvalue weighted by molar-refractivity contribution is 5.97. The Labute approximate surface area is 158 Å². The van der Waals surface area contributed by atoms with Crippen molar-refractivity contribution in [1.29, 1.82) is 0 Å². The first kappa shape index (κ1) is 20.7. The Hall–Kier alpha value is -1.59. The molecule has 5 heteroatoms. The van der Waals surface area contributed by atoms with Gasteiger partial charge in [-0.2, -0.15) is 0 Å². The molecule has 1 aromatic rings. The number of rotatable bonds is 8. The largest absolute Gasteiger partial charge is 0.494 e. The van der Waals surface area contributed by atoms with Gasteiger partial charge in [0.15, 0.2) is 0 Å². The molecule has 0 aromatic heterocycles. The van der Waals surface area contributed by atoms with Gasteiger partial charge in [0, 0.05) is 17.6 Å². The summed E-state index contributed by atoms with van der Waals surface area (Å²) in [5.74, 6) is 1.60. The second-order valence-electron chi connectivity index (χ2n) is 8.16. The Morgan fingerprint density at radius 2 is 1.88 bits per heavy atom. The number of ether oxygens (including phenoxy) is 1. The Kier molecular flexibility index (Phi) is 7.47. The standard InChI is InChI=1S/C21H35N3O2/c1-15-12-18(26-11-5-6-17-7-9-23-10-8-17)13-16(2)19(15)20(25)24-21(3,4)14-22/h12-13,17,23H,5-11,14,22H2,1-4H3,(H,24,25). The smallest absolute Gasteiger partial charge is 0.252 e. The van der Waals surface area contributed by atoms with E-state index < -0.39 is 5.54 Å². The van der Waals surface area contributed by atoms with Crippen LogP contribution in [0.1, 0.15) is 61.0 Å². The Balaban J connectivity index is 1.90. The molecule has 1 aromatic carbocycles. The van der Waals surface area contributed by atoms with Crippen molar-refractivity contribution in [3.63, 3.8) is 0 Å². The van der Waals surface area contributed by atoms with E-state index in [1.165, 1.54) is 19.3 Å². The molecule has 0 atom stereocenters. The topological polar surface area (TPSA) is 76.4 Å². The molecule has 0 bridgehead atoms. The minimum Gasteiger partial charge on any atom is -0.494 e. The van der Waals surface area contributed by atoms with Crippen LogP contribution in [0.2, 0.25) is 0 Å². The van der Waals surface area contributed by atoms with Crippen LogP contribution in [0.5, 0.6) is 5.75 Å². The van der Waals surface area contributed by atoms with Gasteiger partial charge in [-0.05, 0) is 95.6 Å². The lowest BCUT2D eigenvalue weighted by Gasteiger charge is -2.25. The minimum absolute atomic E-state index is 0.0760. The molecule has 1 amide bonds. The quantitative estimate of drug-likeness (QED) is 0.622. The highest BCUT2D eigenvalue weighted by Crippen LogP contribution is 2.23. The maximum Gasteiger partial charge on any atom is 0.252 e. The molecule has 0 spiro atoms. The van der Waals surface area contributed by atoms with Crippen molar-refractivity contribution in [2.45, 2.75) is 58.9 Å². The Morgan fingerprint density at radius 3 is 2.46 bits per heavy atom. The summed E-state index contributed by atoms with van der Waals surface area (Å²) >= 11 is 0. The van der Waals surface area contributed by atoms with Gasteiger partial charge in [0.05, 0.1) is 6.61 Å². The van der Waals surface area contributed by atoms with Gasteiger partial charge in [0.1, 0.15) is 5.75 Å². The molecule has 1 aliphatic heterocycles. The maximum atomic E-state index is 12.6. The third-order valence-corrected chi connectivity index (χ3v) is 5.18. The summed E-state index contributed by atoms with van der Waals surface area (Å²) < 4.78 is 5.95. The fourth-order valence-electron chi connectivity index (χ4n) is 3.52. The average Bonchev–Trinajstić information content (AvgIpc) is 2.58. The van der Waals surface area contributed by atoms with E-state index in [-0.39, 0.29) is 5.91 Å². The van der Waals surface area contributed by atoms with Gasteiger partial charge in [0.25, 0.3) is 5.91 Å². The van der Waals surface area contributed by atoms with Crippen LogP contribution in [-0.2, 0) is 0 Å². The summed E-state index contributed by atoms with van der Waals surface area (Å²) in [7, 11) is 0. The summed E-state index contributed by atoms with van der Waals surface area (Å²) in [5, 5.41) is 6.41. The fourth-order valence-corrected chi connectivity index (χ4v) is 3.52. The predicted molar refractivity (Wildman–Crippen MR) is 107 cm³/mol. The number of benzene rings is 1. The summed E-state index contributed by atoms with van der Waals surface area (Å²) in [4.78, 5) is 12.6. The zero-order valence-corrected chi connectivity index (χ0v) is 16.8. The summed E-state index contributed by atoms with van der Waals surface area (Å²) in [6, 6.07) is 3.92. The van der Waals surface area contributed by atoms with Gasteiger partial charge in [-0.25, -0.2) is 0 Å². The number of carbonyl (C=O) groups is 1. The first-order chi connectivity index (χ1) is 12.3. The molecule has 146 valence electrons. The second kappa shape index (κ2) is 9.38. The third kappa shape index (κ3) is 5.99. The SMILES string of the molecule is Cc1cc(OCCCC2CCNCC2)cc(C)c1C(=O)NC(C)(C)CN. The monoisotopic (exact) mass is 361 g/mol. The lowest BCUT2D eigenvalue weighted by Crippen LogP contribution is -2.49. The Morgan fingerprint density at radius 1 is 1.27 bits per heavy atom. The third-order valence-electron chi connectivity index (χ3n) is 5.18. The van der Waals surface area contributed by atoms with Gasteiger partial charge < -0.3 is 21.1 Å². The molecule has 1 fully saturated rings. The molecular weight excluding hydrogens is 326 g/mol. The van der Waals surface area contributed by atoms with Crippen LogP contribution in [0.3, 0.4) is 0 Å². The number of amides is 1. The Bertz CT molecular complexity index is 584. The van der Waals surface area contributed by atoms with Crippen molar-refractivity contribution in [3.8, 4) is 5.75 Å².